The molecule has 0 saturated carbocycles. The standard InChI is InChI=1S/C30H22BrN3O2/c1-36-29(35)26-17-20-18-27-24(19-25(20)32-26)28(31)33-34(27)30(21-11-5-2-6-12-21,22-13-7-3-8-14-22)23-15-9-4-10-16-23/h2-16,18-19H,17H2,1H3. The van der Waals surface area contributed by atoms with Crippen molar-refractivity contribution in [2.45, 2.75) is 12.0 Å². The van der Waals surface area contributed by atoms with E-state index in [1.165, 1.54) is 7.11 Å². The van der Waals surface area contributed by atoms with Gasteiger partial charge in [-0.15, -0.1) is 0 Å². The van der Waals surface area contributed by atoms with Gasteiger partial charge < -0.3 is 4.74 Å². The third-order valence-electron chi connectivity index (χ3n) is 6.76. The van der Waals surface area contributed by atoms with Crippen LogP contribution in [0.4, 0.5) is 5.69 Å². The summed E-state index contributed by atoms with van der Waals surface area (Å²) in [6.45, 7) is 0. The van der Waals surface area contributed by atoms with Crippen LogP contribution in [0.3, 0.4) is 0 Å². The Hall–Kier alpha value is -4.03. The van der Waals surface area contributed by atoms with Crippen LogP contribution in [0.15, 0.2) is 113 Å². The highest BCUT2D eigenvalue weighted by molar-refractivity contribution is 9.10. The van der Waals surface area contributed by atoms with E-state index < -0.39 is 11.5 Å². The van der Waals surface area contributed by atoms with Crippen LogP contribution in [0.1, 0.15) is 22.3 Å². The minimum Gasteiger partial charge on any atom is -0.465 e. The molecular formula is C30H22BrN3O2. The summed E-state index contributed by atoms with van der Waals surface area (Å²) in [7, 11) is 1.38. The number of nitrogens with zero attached hydrogens (tertiary/aromatic N) is 3. The lowest BCUT2D eigenvalue weighted by Gasteiger charge is -2.37. The molecule has 6 heteroatoms. The van der Waals surface area contributed by atoms with Crippen molar-refractivity contribution in [3.63, 3.8) is 0 Å². The number of methoxy groups -OCH3 is 1. The number of ether oxygens (including phenoxy) is 1. The lowest BCUT2D eigenvalue weighted by atomic mass is 9.77. The zero-order valence-corrected chi connectivity index (χ0v) is 21.1. The summed E-state index contributed by atoms with van der Waals surface area (Å²) in [6.07, 6.45) is 0.426. The fraction of sp³-hybridized carbons (Fsp3) is 0.100. The maximum absolute atomic E-state index is 12.2. The quantitative estimate of drug-likeness (QED) is 0.192. The van der Waals surface area contributed by atoms with Crippen LogP contribution in [0, 0.1) is 0 Å². The average molecular weight is 536 g/mol. The molecule has 2 heterocycles. The predicted molar refractivity (Wildman–Crippen MR) is 145 cm³/mol. The Morgan fingerprint density at radius 2 is 1.39 bits per heavy atom. The van der Waals surface area contributed by atoms with E-state index in [1.54, 1.807) is 0 Å². The van der Waals surface area contributed by atoms with Gasteiger partial charge in [0.25, 0.3) is 0 Å². The van der Waals surface area contributed by atoms with E-state index in [-0.39, 0.29) is 0 Å². The summed E-state index contributed by atoms with van der Waals surface area (Å²) in [6, 6.07) is 35.4. The molecule has 0 bridgehead atoms. The molecule has 1 aliphatic heterocycles. The first kappa shape index (κ1) is 22.4. The molecule has 0 saturated heterocycles. The highest BCUT2D eigenvalue weighted by Crippen LogP contribution is 2.44. The Morgan fingerprint density at radius 3 is 1.89 bits per heavy atom. The van der Waals surface area contributed by atoms with Gasteiger partial charge in [-0.2, -0.15) is 5.10 Å². The molecule has 5 aromatic rings. The van der Waals surface area contributed by atoms with E-state index in [4.69, 9.17) is 9.84 Å². The molecule has 0 atom stereocenters. The average Bonchev–Trinajstić information content (AvgIpc) is 3.50. The van der Waals surface area contributed by atoms with Crippen molar-refractivity contribution in [3.05, 3.63) is 130 Å². The molecule has 176 valence electrons. The fourth-order valence-corrected chi connectivity index (χ4v) is 5.64. The van der Waals surface area contributed by atoms with Crippen molar-refractivity contribution in [1.82, 2.24) is 9.78 Å². The molecule has 36 heavy (non-hydrogen) atoms. The second-order valence-electron chi connectivity index (χ2n) is 8.74. The lowest BCUT2D eigenvalue weighted by molar-refractivity contribution is -0.132. The summed E-state index contributed by atoms with van der Waals surface area (Å²) < 4.78 is 7.74. The number of aliphatic imine (C=N–C) groups is 1. The van der Waals surface area contributed by atoms with Crippen molar-refractivity contribution in [2.24, 2.45) is 4.99 Å². The third-order valence-corrected chi connectivity index (χ3v) is 7.35. The topological polar surface area (TPSA) is 56.5 Å². The maximum Gasteiger partial charge on any atom is 0.352 e. The molecule has 0 radical (unpaired) electrons. The second kappa shape index (κ2) is 8.88. The molecule has 6 rings (SSSR count). The molecule has 0 N–H and O–H groups in total. The Balaban J connectivity index is 1.69. The van der Waals surface area contributed by atoms with Gasteiger partial charge >= 0.3 is 5.97 Å². The molecule has 1 aromatic heterocycles. The number of fused-ring (bicyclic) bond motifs is 2. The van der Waals surface area contributed by atoms with Gasteiger partial charge in [0.1, 0.15) is 15.9 Å². The molecule has 0 aliphatic carbocycles. The van der Waals surface area contributed by atoms with Gasteiger partial charge in [0.05, 0.1) is 18.3 Å². The van der Waals surface area contributed by atoms with Crippen molar-refractivity contribution < 1.29 is 9.53 Å². The third kappa shape index (κ3) is 3.40. The Morgan fingerprint density at radius 1 is 0.861 bits per heavy atom. The smallest absolute Gasteiger partial charge is 0.352 e. The first-order valence-corrected chi connectivity index (χ1v) is 12.5. The summed E-state index contributed by atoms with van der Waals surface area (Å²) >= 11 is 3.72. The van der Waals surface area contributed by atoms with Gasteiger partial charge in [-0.25, -0.2) is 14.5 Å². The summed E-state index contributed by atoms with van der Waals surface area (Å²) in [5.74, 6) is -0.400. The summed E-state index contributed by atoms with van der Waals surface area (Å²) in [5.41, 5.74) is 5.62. The van der Waals surface area contributed by atoms with Crippen molar-refractivity contribution in [3.8, 4) is 0 Å². The fourth-order valence-electron chi connectivity index (χ4n) is 5.16. The van der Waals surface area contributed by atoms with Gasteiger partial charge in [-0.05, 0) is 50.3 Å². The normalized spacial score (nSPS) is 12.9. The number of carbonyl (C=O) groups is 1. The lowest BCUT2D eigenvalue weighted by Crippen LogP contribution is -2.38. The van der Waals surface area contributed by atoms with Crippen LogP contribution < -0.4 is 0 Å². The number of hydrogen-bond acceptors (Lipinski definition) is 4. The Bertz CT molecular complexity index is 1510. The largest absolute Gasteiger partial charge is 0.465 e. The number of carbonyl (C=O) groups excluding carboxylic acids is 1. The zero-order chi connectivity index (χ0) is 24.7. The number of rotatable bonds is 5. The van der Waals surface area contributed by atoms with Crippen LogP contribution in [-0.4, -0.2) is 28.6 Å². The van der Waals surface area contributed by atoms with Gasteiger partial charge in [0.15, 0.2) is 0 Å². The van der Waals surface area contributed by atoms with E-state index in [0.717, 1.165) is 38.8 Å². The number of halogens is 1. The highest BCUT2D eigenvalue weighted by atomic mass is 79.9. The number of hydrogen-bond donors (Lipinski definition) is 0. The number of benzene rings is 4. The van der Waals surface area contributed by atoms with Gasteiger partial charge in [0.2, 0.25) is 0 Å². The van der Waals surface area contributed by atoms with Crippen molar-refractivity contribution in [1.29, 1.82) is 0 Å². The van der Waals surface area contributed by atoms with E-state index in [2.05, 4.69) is 104 Å². The molecule has 4 aromatic carbocycles. The van der Waals surface area contributed by atoms with E-state index >= 15 is 0 Å². The molecule has 0 spiro atoms. The molecule has 5 nitrogen and oxygen atoms in total. The first-order valence-electron chi connectivity index (χ1n) is 11.7. The van der Waals surface area contributed by atoms with E-state index in [0.29, 0.717) is 16.7 Å². The first-order chi connectivity index (χ1) is 17.6. The van der Waals surface area contributed by atoms with Gasteiger partial charge in [0, 0.05) is 11.8 Å². The molecular weight excluding hydrogens is 514 g/mol. The Labute approximate surface area is 217 Å². The van der Waals surface area contributed by atoms with Gasteiger partial charge in [-0.3, -0.25) is 0 Å². The SMILES string of the molecule is COC(=O)C1=Nc2cc3c(Br)nn(C(c4ccccc4)(c4ccccc4)c4ccccc4)c3cc2C1. The molecule has 0 fully saturated rings. The van der Waals surface area contributed by atoms with E-state index in [9.17, 15) is 4.79 Å². The van der Waals surface area contributed by atoms with Crippen molar-refractivity contribution in [2.75, 3.05) is 7.11 Å². The Kier molecular flexibility index (Phi) is 5.53. The molecule has 0 unspecified atom stereocenters. The zero-order valence-electron chi connectivity index (χ0n) is 19.6. The monoisotopic (exact) mass is 535 g/mol. The van der Waals surface area contributed by atoms with Crippen LogP contribution in [0.2, 0.25) is 0 Å². The maximum atomic E-state index is 12.2. The second-order valence-corrected chi connectivity index (χ2v) is 9.49. The minimum atomic E-state index is -0.743. The number of aromatic nitrogens is 2. The minimum absolute atomic E-state index is 0.400. The van der Waals surface area contributed by atoms with Crippen LogP contribution in [0.5, 0.6) is 0 Å². The molecule has 0 amide bonds. The summed E-state index contributed by atoms with van der Waals surface area (Å²) in [5, 5.41) is 6.02. The van der Waals surface area contributed by atoms with Crippen LogP contribution >= 0.6 is 15.9 Å². The van der Waals surface area contributed by atoms with Crippen LogP contribution in [-0.2, 0) is 21.5 Å². The van der Waals surface area contributed by atoms with Crippen molar-refractivity contribution >= 4 is 44.2 Å². The number of esters is 1. The highest BCUT2D eigenvalue weighted by Gasteiger charge is 2.41. The molecule has 1 aliphatic rings. The summed E-state index contributed by atoms with van der Waals surface area (Å²) in [4.78, 5) is 16.7. The van der Waals surface area contributed by atoms with Gasteiger partial charge in [-0.1, -0.05) is 91.0 Å². The van der Waals surface area contributed by atoms with E-state index in [1.807, 2.05) is 24.3 Å². The van der Waals surface area contributed by atoms with Crippen LogP contribution in [0.25, 0.3) is 10.9 Å². The predicted octanol–water partition coefficient (Wildman–Crippen LogP) is 6.44.